The number of aliphatic carboxylic acids is 2. The number of nitrogens with zero attached hydrogens (tertiary/aromatic N) is 2. The lowest BCUT2D eigenvalue weighted by Crippen LogP contribution is -2.52. The minimum atomic E-state index is -1.71. The maximum Gasteiger partial charge on any atom is 0.266 e. The van der Waals surface area contributed by atoms with Crippen molar-refractivity contribution in [2.24, 2.45) is 0 Å². The second-order valence-corrected chi connectivity index (χ2v) is 5.89. The zero-order valence-corrected chi connectivity index (χ0v) is 12.6. The van der Waals surface area contributed by atoms with Crippen molar-refractivity contribution in [3.63, 3.8) is 0 Å². The van der Waals surface area contributed by atoms with Gasteiger partial charge >= 0.3 is 0 Å². The van der Waals surface area contributed by atoms with Crippen LogP contribution < -0.4 is 10.2 Å². The number of thiocarbonyl (C=S) groups is 1. The first-order chi connectivity index (χ1) is 10.4. The summed E-state index contributed by atoms with van der Waals surface area (Å²) in [6.07, 6.45) is 2.09. The van der Waals surface area contributed by atoms with Crippen molar-refractivity contribution in [3.8, 4) is 0 Å². The number of amides is 1. The van der Waals surface area contributed by atoms with E-state index in [9.17, 15) is 24.6 Å². The average molecular weight is 336 g/mol. The maximum atomic E-state index is 12.3. The molecule has 1 aliphatic heterocycles. The second kappa shape index (κ2) is 6.67. The Kier molecular flexibility index (Phi) is 4.88. The van der Waals surface area contributed by atoms with E-state index in [0.717, 1.165) is 16.7 Å². The molecule has 1 aliphatic rings. The van der Waals surface area contributed by atoms with Crippen LogP contribution >= 0.6 is 24.0 Å². The largest absolute Gasteiger partial charge is 0.550 e. The third-order valence-electron chi connectivity index (χ3n) is 2.73. The van der Waals surface area contributed by atoms with E-state index in [1.54, 1.807) is 18.2 Å². The highest BCUT2D eigenvalue weighted by atomic mass is 32.2. The lowest BCUT2D eigenvalue weighted by atomic mass is 10.2. The van der Waals surface area contributed by atoms with Crippen LogP contribution in [0.1, 0.15) is 12.1 Å². The SMILES string of the molecule is O=C([O-])C[C@H](C(=O)[O-])N1C(=O)/C(=C/c2ccccn2)SC1=S. The molecule has 0 unspecified atom stereocenters. The summed E-state index contributed by atoms with van der Waals surface area (Å²) in [6.45, 7) is 0. The Labute approximate surface area is 134 Å². The van der Waals surface area contributed by atoms with Gasteiger partial charge in [-0.05, 0) is 18.2 Å². The Bertz CT molecular complexity index is 674. The molecular weight excluding hydrogens is 328 g/mol. The van der Waals surface area contributed by atoms with Gasteiger partial charge in [0.25, 0.3) is 5.91 Å². The summed E-state index contributed by atoms with van der Waals surface area (Å²) in [5.74, 6) is -4.02. The lowest BCUT2D eigenvalue weighted by Gasteiger charge is -2.27. The molecule has 2 heterocycles. The number of carbonyl (C=O) groups is 3. The Hall–Kier alpha value is -2.26. The summed E-state index contributed by atoms with van der Waals surface area (Å²) in [5, 5.41) is 21.7. The van der Waals surface area contributed by atoms with Gasteiger partial charge < -0.3 is 19.8 Å². The average Bonchev–Trinajstić information content (AvgIpc) is 2.72. The molecule has 0 radical (unpaired) electrons. The number of pyridine rings is 1. The molecular formula is C13H8N2O5S2-2. The minimum absolute atomic E-state index is 0.0531. The van der Waals surface area contributed by atoms with Gasteiger partial charge in [0.05, 0.1) is 22.6 Å². The van der Waals surface area contributed by atoms with Crippen LogP contribution in [0.3, 0.4) is 0 Å². The van der Waals surface area contributed by atoms with E-state index in [0.29, 0.717) is 5.69 Å². The summed E-state index contributed by atoms with van der Waals surface area (Å²) in [6, 6.07) is 3.38. The minimum Gasteiger partial charge on any atom is -0.550 e. The quantitative estimate of drug-likeness (QED) is 0.473. The molecule has 0 bridgehead atoms. The van der Waals surface area contributed by atoms with Gasteiger partial charge in [0.2, 0.25) is 0 Å². The van der Waals surface area contributed by atoms with Crippen LogP contribution in [-0.4, -0.2) is 38.1 Å². The number of rotatable bonds is 5. The summed E-state index contributed by atoms with van der Waals surface area (Å²) in [5.41, 5.74) is 0.493. The molecule has 22 heavy (non-hydrogen) atoms. The third-order valence-corrected chi connectivity index (χ3v) is 4.06. The first kappa shape index (κ1) is 16.1. The van der Waals surface area contributed by atoms with Crippen molar-refractivity contribution < 1.29 is 24.6 Å². The molecule has 7 nitrogen and oxygen atoms in total. The van der Waals surface area contributed by atoms with E-state index in [1.165, 1.54) is 12.3 Å². The number of aromatic nitrogens is 1. The smallest absolute Gasteiger partial charge is 0.266 e. The first-order valence-electron chi connectivity index (χ1n) is 5.99. The Morgan fingerprint density at radius 1 is 1.41 bits per heavy atom. The van der Waals surface area contributed by atoms with Crippen molar-refractivity contribution in [1.82, 2.24) is 9.88 Å². The van der Waals surface area contributed by atoms with E-state index in [2.05, 4.69) is 4.98 Å². The predicted molar refractivity (Wildman–Crippen MR) is 77.7 cm³/mol. The predicted octanol–water partition coefficient (Wildman–Crippen LogP) is -1.46. The molecule has 114 valence electrons. The highest BCUT2D eigenvalue weighted by molar-refractivity contribution is 8.26. The normalized spacial score (nSPS) is 17.8. The molecule has 9 heteroatoms. The van der Waals surface area contributed by atoms with Crippen LogP contribution in [0.5, 0.6) is 0 Å². The van der Waals surface area contributed by atoms with Gasteiger partial charge in [-0.25, -0.2) is 0 Å². The number of hydrogen-bond donors (Lipinski definition) is 0. The number of carboxylic acid groups (broad SMARTS) is 2. The molecule has 1 fully saturated rings. The van der Waals surface area contributed by atoms with Crippen LogP contribution in [0, 0.1) is 0 Å². The van der Waals surface area contributed by atoms with Gasteiger partial charge in [-0.3, -0.25) is 14.7 Å². The van der Waals surface area contributed by atoms with Crippen LogP contribution in [0.15, 0.2) is 29.3 Å². The van der Waals surface area contributed by atoms with Gasteiger partial charge in [-0.15, -0.1) is 0 Å². The van der Waals surface area contributed by atoms with Crippen LogP contribution in [0.4, 0.5) is 0 Å². The van der Waals surface area contributed by atoms with E-state index < -0.39 is 30.3 Å². The fourth-order valence-electron chi connectivity index (χ4n) is 1.78. The Morgan fingerprint density at radius 2 is 2.14 bits per heavy atom. The van der Waals surface area contributed by atoms with Crippen LogP contribution in [0.2, 0.25) is 0 Å². The van der Waals surface area contributed by atoms with Gasteiger partial charge in [0, 0.05) is 18.6 Å². The summed E-state index contributed by atoms with van der Waals surface area (Å²) in [7, 11) is 0. The van der Waals surface area contributed by atoms with Gasteiger partial charge in [0.1, 0.15) is 4.32 Å². The molecule has 0 N–H and O–H groups in total. The highest BCUT2D eigenvalue weighted by Crippen LogP contribution is 2.34. The van der Waals surface area contributed by atoms with E-state index in [-0.39, 0.29) is 9.23 Å². The van der Waals surface area contributed by atoms with Crippen molar-refractivity contribution in [1.29, 1.82) is 0 Å². The fraction of sp³-hybridized carbons (Fsp3) is 0.154. The second-order valence-electron chi connectivity index (χ2n) is 4.22. The molecule has 1 aromatic rings. The van der Waals surface area contributed by atoms with E-state index in [4.69, 9.17) is 12.2 Å². The number of carboxylic acids is 2. The first-order valence-corrected chi connectivity index (χ1v) is 7.21. The maximum absolute atomic E-state index is 12.3. The fourth-order valence-corrected chi connectivity index (χ4v) is 3.12. The van der Waals surface area contributed by atoms with Crippen molar-refractivity contribution in [2.75, 3.05) is 0 Å². The van der Waals surface area contributed by atoms with Gasteiger partial charge in [0.15, 0.2) is 0 Å². The van der Waals surface area contributed by atoms with Gasteiger partial charge in [-0.2, -0.15) is 0 Å². The summed E-state index contributed by atoms with van der Waals surface area (Å²) in [4.78, 5) is 38.9. The zero-order chi connectivity index (χ0) is 16.3. The molecule has 0 saturated carbocycles. The van der Waals surface area contributed by atoms with E-state index >= 15 is 0 Å². The van der Waals surface area contributed by atoms with Crippen molar-refractivity contribution in [3.05, 3.63) is 35.0 Å². The van der Waals surface area contributed by atoms with E-state index in [1.807, 2.05) is 0 Å². The number of carbonyl (C=O) groups excluding carboxylic acids is 3. The monoisotopic (exact) mass is 336 g/mol. The van der Waals surface area contributed by atoms with Crippen LogP contribution in [-0.2, 0) is 14.4 Å². The zero-order valence-electron chi connectivity index (χ0n) is 10.9. The number of hydrogen-bond acceptors (Lipinski definition) is 8. The summed E-state index contributed by atoms with van der Waals surface area (Å²) < 4.78 is -0.0531. The molecule has 1 saturated heterocycles. The molecule has 1 atom stereocenters. The molecule has 2 rings (SSSR count). The Balaban J connectivity index is 2.30. The third kappa shape index (κ3) is 3.49. The Morgan fingerprint density at radius 3 is 2.68 bits per heavy atom. The number of thioether (sulfide) groups is 1. The van der Waals surface area contributed by atoms with Crippen molar-refractivity contribution in [2.45, 2.75) is 12.5 Å². The molecule has 0 spiro atoms. The van der Waals surface area contributed by atoms with Crippen molar-refractivity contribution >= 4 is 52.2 Å². The standard InChI is InChI=1S/C13H10N2O5S2/c16-10(17)6-8(12(19)20)15-11(18)9(22-13(15)21)5-7-3-1-2-4-14-7/h1-5,8H,6H2,(H,16,17)(H,19,20)/p-2/b9-5-/t8-/m1/s1. The molecule has 0 aromatic carbocycles. The topological polar surface area (TPSA) is 113 Å². The van der Waals surface area contributed by atoms with Crippen LogP contribution in [0.25, 0.3) is 6.08 Å². The molecule has 1 amide bonds. The molecule has 0 aliphatic carbocycles. The van der Waals surface area contributed by atoms with Gasteiger partial charge in [-0.1, -0.05) is 30.0 Å². The molecule has 1 aromatic heterocycles. The lowest BCUT2D eigenvalue weighted by molar-refractivity contribution is -0.319. The summed E-state index contributed by atoms with van der Waals surface area (Å²) >= 11 is 5.84. The highest BCUT2D eigenvalue weighted by Gasteiger charge is 2.37.